The molecule has 282 valence electrons. The monoisotopic (exact) mass is 712 g/mol. The van der Waals surface area contributed by atoms with Crippen molar-refractivity contribution in [2.45, 2.75) is 86.2 Å². The van der Waals surface area contributed by atoms with Gasteiger partial charge in [0.15, 0.2) is 0 Å². The molecular formula is C46H64O6+2. The molecule has 1 unspecified atom stereocenters. The van der Waals surface area contributed by atoms with E-state index < -0.39 is 5.60 Å². The third-order valence-electron chi connectivity index (χ3n) is 7.90. The highest BCUT2D eigenvalue weighted by Crippen LogP contribution is 2.36. The lowest BCUT2D eigenvalue weighted by Crippen LogP contribution is -2.23. The highest BCUT2D eigenvalue weighted by Gasteiger charge is 2.27. The average Bonchev–Trinajstić information content (AvgIpc) is 3.17. The summed E-state index contributed by atoms with van der Waals surface area (Å²) in [6.07, 6.45) is 4.11. The standard InChI is InChI=1S/C16H18O2.C10H14O2.C6H6O.C6H6.C4H8O.C3H6.CH4/c1-3-16(2,12-4-8-14(17)9-5-12)13-6-10-15(18)11-7-13;1-3-10(2,12-11)9-7-5-4-6-8-9;7-6-4-2-1-3-5-6;1-2-4-6-5-3-1;1-3-4(2)5;1-3-2;/h4-11,17-18H,3H2,1-2H3;4-8,11H,3H2,1-2H3;1-5,7H;1-6H;3H2,1-2H3;3H,1H2,2H3;1H4/p+2. The zero-order valence-corrected chi connectivity index (χ0v) is 31.4. The van der Waals surface area contributed by atoms with Crippen molar-refractivity contribution in [3.63, 3.8) is 0 Å². The predicted molar refractivity (Wildman–Crippen MR) is 221 cm³/mol. The lowest BCUT2D eigenvalue weighted by Gasteiger charge is -2.29. The van der Waals surface area contributed by atoms with Crippen LogP contribution in [0.4, 0.5) is 0 Å². The van der Waals surface area contributed by atoms with E-state index in [1.54, 1.807) is 61.5 Å². The smallest absolute Gasteiger partial charge is 0.508 e. The maximum atomic E-state index is 9.81. The van der Waals surface area contributed by atoms with Crippen molar-refractivity contribution >= 4 is 5.78 Å². The van der Waals surface area contributed by atoms with Gasteiger partial charge in [0.1, 0.15) is 28.6 Å². The minimum Gasteiger partial charge on any atom is -0.508 e. The Morgan fingerprint density at radius 2 is 0.904 bits per heavy atom. The van der Waals surface area contributed by atoms with Gasteiger partial charge in [-0.25, -0.2) is 4.89 Å². The van der Waals surface area contributed by atoms with E-state index in [-0.39, 0.29) is 33.0 Å². The second kappa shape index (κ2) is 28.5. The maximum absolute atomic E-state index is 9.81. The van der Waals surface area contributed by atoms with E-state index in [0.717, 1.165) is 29.5 Å². The summed E-state index contributed by atoms with van der Waals surface area (Å²) in [5.74, 6) is 1.14. The third-order valence-corrected chi connectivity index (χ3v) is 7.90. The minimum absolute atomic E-state index is 0. The third kappa shape index (κ3) is 19.9. The van der Waals surface area contributed by atoms with E-state index in [9.17, 15) is 15.0 Å². The second-order valence-electron chi connectivity index (χ2n) is 11.8. The van der Waals surface area contributed by atoms with E-state index in [1.165, 1.54) is 0 Å². The molecule has 6 nitrogen and oxygen atoms in total. The van der Waals surface area contributed by atoms with Crippen LogP contribution in [0.2, 0.25) is 0 Å². The van der Waals surface area contributed by atoms with Gasteiger partial charge < -0.3 is 20.1 Å². The highest BCUT2D eigenvalue weighted by atomic mass is 17.1. The number of benzene rings is 5. The lowest BCUT2D eigenvalue weighted by molar-refractivity contribution is -0.324. The van der Waals surface area contributed by atoms with Crippen LogP contribution in [-0.2, 0) is 20.7 Å². The van der Waals surface area contributed by atoms with E-state index >= 15 is 0 Å². The zero-order chi connectivity index (χ0) is 38.5. The Morgan fingerprint density at radius 1 is 0.615 bits per heavy atom. The molecule has 0 amide bonds. The maximum Gasteiger partial charge on any atom is 1.00 e. The molecule has 0 spiro atoms. The molecule has 0 heterocycles. The Kier molecular flexibility index (Phi) is 26.8. The molecule has 0 bridgehead atoms. The zero-order valence-electron chi connectivity index (χ0n) is 33.4. The summed E-state index contributed by atoms with van der Waals surface area (Å²) in [5, 5.41) is 36.1. The summed E-state index contributed by atoms with van der Waals surface area (Å²) < 4.78 is 0. The van der Waals surface area contributed by atoms with Crippen LogP contribution in [0.25, 0.3) is 0 Å². The number of hydrogen-bond acceptors (Lipinski definition) is 6. The number of phenols is 3. The second-order valence-corrected chi connectivity index (χ2v) is 11.8. The molecule has 0 radical (unpaired) electrons. The molecular weight excluding hydrogens is 648 g/mol. The molecule has 0 saturated heterocycles. The molecule has 5 aromatic rings. The van der Waals surface area contributed by atoms with Gasteiger partial charge in [-0.2, -0.15) is 0 Å². The van der Waals surface area contributed by atoms with Gasteiger partial charge in [0, 0.05) is 11.8 Å². The summed E-state index contributed by atoms with van der Waals surface area (Å²) in [5.41, 5.74) is 2.64. The average molecular weight is 713 g/mol. The summed E-state index contributed by atoms with van der Waals surface area (Å²) in [6.45, 7) is 16.8. The molecule has 5 aromatic carbocycles. The number of ketones is 1. The van der Waals surface area contributed by atoms with Gasteiger partial charge >= 0.3 is 2.85 Å². The van der Waals surface area contributed by atoms with Crippen LogP contribution >= 0.6 is 0 Å². The van der Waals surface area contributed by atoms with Crippen molar-refractivity contribution in [3.05, 3.63) is 175 Å². The van der Waals surface area contributed by atoms with Crippen molar-refractivity contribution < 1.29 is 33.1 Å². The van der Waals surface area contributed by atoms with Gasteiger partial charge in [-0.3, -0.25) is 5.26 Å². The number of carbonyl (C=O) groups excluding carboxylic acids is 1. The first kappa shape index (κ1) is 48.9. The molecule has 0 aromatic heterocycles. The number of para-hydroxylation sites is 1. The largest absolute Gasteiger partial charge is 1.00 e. The number of allylic oxidation sites excluding steroid dienone is 1. The normalized spacial score (nSPS) is 10.6. The van der Waals surface area contributed by atoms with Crippen LogP contribution in [0.5, 0.6) is 17.2 Å². The van der Waals surface area contributed by atoms with Crippen LogP contribution in [0.1, 0.15) is 94.7 Å². The van der Waals surface area contributed by atoms with Gasteiger partial charge in [0.25, 0.3) is 0 Å². The SMILES string of the molecule is C.C=CC.CCC(C)(OO)c1ccccc1.CCC(C)(c1ccc(O)cc1)c1ccc(O)cc1.CCC(C)=O.Oc1ccccc1.[H+].[H+].c1ccccc1. The number of Topliss-reactive ketones (excluding diaryl/α,β-unsaturated/α-hetero) is 1. The van der Waals surface area contributed by atoms with Crippen LogP contribution in [0.3, 0.4) is 0 Å². The van der Waals surface area contributed by atoms with Crippen LogP contribution in [0.15, 0.2) is 158 Å². The fourth-order valence-electron chi connectivity index (χ4n) is 4.16. The highest BCUT2D eigenvalue weighted by molar-refractivity contribution is 5.74. The quantitative estimate of drug-likeness (QED) is 0.0760. The summed E-state index contributed by atoms with van der Waals surface area (Å²) in [6, 6.07) is 45.1. The van der Waals surface area contributed by atoms with E-state index in [0.29, 0.717) is 12.2 Å². The number of rotatable bonds is 7. The topological polar surface area (TPSA) is 107 Å². The Labute approximate surface area is 316 Å². The Hall–Kier alpha value is -5.17. The van der Waals surface area contributed by atoms with Gasteiger partial charge in [0.05, 0.1) is 0 Å². The molecule has 0 fully saturated rings. The molecule has 6 heteroatoms. The van der Waals surface area contributed by atoms with Crippen LogP contribution in [-0.4, -0.2) is 26.4 Å². The first-order chi connectivity index (χ1) is 24.4. The minimum atomic E-state index is -0.568. The summed E-state index contributed by atoms with van der Waals surface area (Å²) in [7, 11) is 0. The first-order valence-corrected chi connectivity index (χ1v) is 17.1. The Bertz CT molecular complexity index is 1490. The van der Waals surface area contributed by atoms with Gasteiger partial charge in [-0.1, -0.05) is 150 Å². The van der Waals surface area contributed by atoms with Gasteiger partial charge in [-0.15, -0.1) is 6.58 Å². The van der Waals surface area contributed by atoms with Crippen molar-refractivity contribution in [1.82, 2.24) is 0 Å². The molecule has 52 heavy (non-hydrogen) atoms. The molecule has 4 N–H and O–H groups in total. The molecule has 0 saturated carbocycles. The predicted octanol–water partition coefficient (Wildman–Crippen LogP) is 12.7. The van der Waals surface area contributed by atoms with Crippen LogP contribution < -0.4 is 0 Å². The van der Waals surface area contributed by atoms with Crippen LogP contribution in [0, 0.1) is 0 Å². The fourth-order valence-corrected chi connectivity index (χ4v) is 4.16. The Morgan fingerprint density at radius 3 is 1.13 bits per heavy atom. The van der Waals surface area contributed by atoms with Crippen molar-refractivity contribution in [2.24, 2.45) is 0 Å². The number of phenolic OH excluding ortho intramolecular Hbond substituents is 3. The number of aromatic hydroxyl groups is 3. The summed E-state index contributed by atoms with van der Waals surface area (Å²) >= 11 is 0. The molecule has 0 aliphatic carbocycles. The molecule has 5 rings (SSSR count). The lowest BCUT2D eigenvalue weighted by atomic mass is 9.74. The first-order valence-electron chi connectivity index (χ1n) is 17.1. The Balaban J connectivity index is -0.000000302. The van der Waals surface area contributed by atoms with Gasteiger partial charge in [0.2, 0.25) is 0 Å². The molecule has 1 atom stereocenters. The summed E-state index contributed by atoms with van der Waals surface area (Å²) in [4.78, 5) is 14.3. The van der Waals surface area contributed by atoms with Gasteiger partial charge in [-0.05, 0) is 86.7 Å². The number of carbonyl (C=O) groups is 1. The van der Waals surface area contributed by atoms with E-state index in [4.69, 9.17) is 10.4 Å². The molecule has 0 aliphatic rings. The van der Waals surface area contributed by atoms with Crippen molar-refractivity contribution in [3.8, 4) is 17.2 Å². The molecule has 0 aliphatic heterocycles. The van der Waals surface area contributed by atoms with Crippen molar-refractivity contribution in [2.75, 3.05) is 0 Å². The fraction of sp³-hybridized carbons (Fsp3) is 0.283. The van der Waals surface area contributed by atoms with E-state index in [1.807, 2.05) is 125 Å². The van der Waals surface area contributed by atoms with Crippen molar-refractivity contribution in [1.29, 1.82) is 0 Å². The number of hydrogen-bond donors (Lipinski definition) is 4. The van der Waals surface area contributed by atoms with E-state index in [2.05, 4.69) is 25.3 Å².